The molecule has 2 heterocycles. The van der Waals surface area contributed by atoms with E-state index in [2.05, 4.69) is 27.3 Å². The van der Waals surface area contributed by atoms with E-state index >= 15 is 0 Å². The molecule has 1 amide bonds. The first-order chi connectivity index (χ1) is 7.25. The summed E-state index contributed by atoms with van der Waals surface area (Å²) in [6, 6.07) is 0. The van der Waals surface area contributed by atoms with Crippen LogP contribution in [-0.2, 0) is 0 Å². The number of piperazine rings is 1. The summed E-state index contributed by atoms with van der Waals surface area (Å²) in [4.78, 5) is 20.4. The van der Waals surface area contributed by atoms with E-state index in [9.17, 15) is 4.79 Å². The van der Waals surface area contributed by atoms with E-state index in [1.165, 1.54) is 12.5 Å². The molecule has 6 heteroatoms. The van der Waals surface area contributed by atoms with Gasteiger partial charge in [0.25, 0.3) is 5.91 Å². The third kappa shape index (κ3) is 2.54. The lowest BCUT2D eigenvalue weighted by atomic mass is 10.4. The number of nitrogens with one attached hydrogen (secondary N) is 2. The summed E-state index contributed by atoms with van der Waals surface area (Å²) in [5.41, 5.74) is 3.33. The highest BCUT2D eigenvalue weighted by Gasteiger charge is 2.16. The first kappa shape index (κ1) is 10.1. The van der Waals surface area contributed by atoms with Gasteiger partial charge in [0.05, 0.1) is 12.5 Å². The van der Waals surface area contributed by atoms with Gasteiger partial charge in [-0.2, -0.15) is 0 Å². The zero-order chi connectivity index (χ0) is 10.7. The maximum absolute atomic E-state index is 11.6. The molecule has 2 rings (SSSR count). The molecule has 1 aromatic rings. The number of imidazole rings is 1. The molecule has 0 bridgehead atoms. The molecule has 0 radical (unpaired) electrons. The van der Waals surface area contributed by atoms with Crippen LogP contribution in [0.25, 0.3) is 0 Å². The summed E-state index contributed by atoms with van der Waals surface area (Å²) in [6.07, 6.45) is 3.02. The zero-order valence-corrected chi connectivity index (χ0v) is 8.73. The van der Waals surface area contributed by atoms with E-state index in [4.69, 9.17) is 0 Å². The highest BCUT2D eigenvalue weighted by atomic mass is 16.2. The molecule has 1 fully saturated rings. The smallest absolute Gasteiger partial charge is 0.283 e. The minimum Gasteiger partial charge on any atom is -0.341 e. The van der Waals surface area contributed by atoms with Gasteiger partial charge >= 0.3 is 0 Å². The standard InChI is InChI=1S/C9H15N5O/c1-13-2-4-14(5-3-13)12-9(15)8-6-10-7-11-8/h6-7H,2-5H2,1H3,(H,10,11)(H,12,15). The van der Waals surface area contributed by atoms with Gasteiger partial charge in [0.1, 0.15) is 5.69 Å². The summed E-state index contributed by atoms with van der Waals surface area (Å²) in [5, 5.41) is 1.93. The summed E-state index contributed by atoms with van der Waals surface area (Å²) in [7, 11) is 2.08. The molecule has 1 aliphatic heterocycles. The lowest BCUT2D eigenvalue weighted by Crippen LogP contribution is -2.52. The fraction of sp³-hybridized carbons (Fsp3) is 0.556. The van der Waals surface area contributed by atoms with Crippen LogP contribution < -0.4 is 5.43 Å². The van der Waals surface area contributed by atoms with Crippen LogP contribution in [-0.4, -0.2) is 59.0 Å². The first-order valence-electron chi connectivity index (χ1n) is 4.98. The molecule has 6 nitrogen and oxygen atoms in total. The number of aromatic amines is 1. The van der Waals surface area contributed by atoms with Gasteiger partial charge in [-0.1, -0.05) is 0 Å². The summed E-state index contributed by atoms with van der Waals surface area (Å²) in [5.74, 6) is -0.128. The number of carbonyl (C=O) groups excluding carboxylic acids is 1. The molecule has 0 spiro atoms. The van der Waals surface area contributed by atoms with Crippen molar-refractivity contribution in [1.82, 2.24) is 25.3 Å². The molecular weight excluding hydrogens is 194 g/mol. The van der Waals surface area contributed by atoms with E-state index in [0.717, 1.165) is 26.2 Å². The van der Waals surface area contributed by atoms with E-state index in [0.29, 0.717) is 5.69 Å². The Balaban J connectivity index is 1.85. The number of aromatic nitrogens is 2. The fourth-order valence-corrected chi connectivity index (χ4v) is 1.50. The fourth-order valence-electron chi connectivity index (χ4n) is 1.50. The number of hydrazine groups is 1. The predicted molar refractivity (Wildman–Crippen MR) is 55.1 cm³/mol. The molecule has 0 atom stereocenters. The van der Waals surface area contributed by atoms with Crippen molar-refractivity contribution in [2.45, 2.75) is 0 Å². The topological polar surface area (TPSA) is 64.3 Å². The van der Waals surface area contributed by atoms with Gasteiger partial charge in [-0.3, -0.25) is 10.2 Å². The summed E-state index contributed by atoms with van der Waals surface area (Å²) < 4.78 is 0. The first-order valence-corrected chi connectivity index (χ1v) is 4.98. The minimum atomic E-state index is -0.128. The van der Waals surface area contributed by atoms with Crippen molar-refractivity contribution in [1.29, 1.82) is 0 Å². The lowest BCUT2D eigenvalue weighted by Gasteiger charge is -2.32. The second-order valence-corrected chi connectivity index (χ2v) is 3.70. The number of hydrogen-bond donors (Lipinski definition) is 2. The number of nitrogens with zero attached hydrogens (tertiary/aromatic N) is 3. The van der Waals surface area contributed by atoms with Crippen LogP contribution >= 0.6 is 0 Å². The number of likely N-dealkylation sites (N-methyl/N-ethyl adjacent to an activating group) is 1. The van der Waals surface area contributed by atoms with Crippen molar-refractivity contribution in [2.24, 2.45) is 0 Å². The van der Waals surface area contributed by atoms with Crippen LogP contribution in [0.1, 0.15) is 10.5 Å². The molecule has 2 N–H and O–H groups in total. The third-order valence-corrected chi connectivity index (χ3v) is 2.51. The molecule has 15 heavy (non-hydrogen) atoms. The van der Waals surface area contributed by atoms with Crippen LogP contribution in [0.4, 0.5) is 0 Å². The van der Waals surface area contributed by atoms with Crippen LogP contribution in [0.3, 0.4) is 0 Å². The summed E-state index contributed by atoms with van der Waals surface area (Å²) >= 11 is 0. The van der Waals surface area contributed by atoms with Crippen LogP contribution in [0.15, 0.2) is 12.5 Å². The maximum atomic E-state index is 11.6. The SMILES string of the molecule is CN1CCN(NC(=O)c2cnc[nH]2)CC1. The normalized spacial score (nSPS) is 19.0. The largest absolute Gasteiger partial charge is 0.341 e. The zero-order valence-electron chi connectivity index (χ0n) is 8.73. The van der Waals surface area contributed by atoms with Gasteiger partial charge in [0.2, 0.25) is 0 Å². The van der Waals surface area contributed by atoms with E-state index < -0.39 is 0 Å². The van der Waals surface area contributed by atoms with E-state index in [1.807, 2.05) is 5.01 Å². The van der Waals surface area contributed by atoms with Crippen LogP contribution in [0.5, 0.6) is 0 Å². The monoisotopic (exact) mass is 209 g/mol. The van der Waals surface area contributed by atoms with Gasteiger partial charge in [0, 0.05) is 26.2 Å². The van der Waals surface area contributed by atoms with E-state index in [1.54, 1.807) is 0 Å². The number of amides is 1. The van der Waals surface area contributed by atoms with Crippen LogP contribution in [0, 0.1) is 0 Å². The Morgan fingerprint density at radius 3 is 2.80 bits per heavy atom. The molecule has 82 valence electrons. The van der Waals surface area contributed by atoms with Gasteiger partial charge < -0.3 is 9.88 Å². The summed E-state index contributed by atoms with van der Waals surface area (Å²) in [6.45, 7) is 3.67. The van der Waals surface area contributed by atoms with Crippen molar-refractivity contribution in [2.75, 3.05) is 33.2 Å². The third-order valence-electron chi connectivity index (χ3n) is 2.51. The van der Waals surface area contributed by atoms with Gasteiger partial charge in [-0.15, -0.1) is 0 Å². The molecule has 1 saturated heterocycles. The second-order valence-electron chi connectivity index (χ2n) is 3.70. The quantitative estimate of drug-likeness (QED) is 0.676. The second kappa shape index (κ2) is 4.41. The Morgan fingerprint density at radius 1 is 1.47 bits per heavy atom. The van der Waals surface area contributed by atoms with Crippen molar-refractivity contribution in [3.8, 4) is 0 Å². The molecule has 0 unspecified atom stereocenters. The highest BCUT2D eigenvalue weighted by Crippen LogP contribution is 1.97. The average Bonchev–Trinajstić information content (AvgIpc) is 2.74. The van der Waals surface area contributed by atoms with Crippen molar-refractivity contribution in [3.05, 3.63) is 18.2 Å². The molecule has 1 aromatic heterocycles. The molecule has 0 aromatic carbocycles. The van der Waals surface area contributed by atoms with Gasteiger partial charge in [0.15, 0.2) is 0 Å². The Hall–Kier alpha value is -1.40. The molecule has 1 aliphatic rings. The van der Waals surface area contributed by atoms with Gasteiger partial charge in [-0.05, 0) is 7.05 Å². The van der Waals surface area contributed by atoms with Gasteiger partial charge in [-0.25, -0.2) is 9.99 Å². The maximum Gasteiger partial charge on any atom is 0.283 e. The Morgan fingerprint density at radius 2 is 2.20 bits per heavy atom. The average molecular weight is 209 g/mol. The van der Waals surface area contributed by atoms with Crippen molar-refractivity contribution >= 4 is 5.91 Å². The van der Waals surface area contributed by atoms with Crippen molar-refractivity contribution < 1.29 is 4.79 Å². The molecule has 0 aliphatic carbocycles. The minimum absolute atomic E-state index is 0.128. The van der Waals surface area contributed by atoms with Crippen LogP contribution in [0.2, 0.25) is 0 Å². The molecular formula is C9H15N5O. The number of H-pyrrole nitrogens is 1. The number of rotatable bonds is 2. The number of hydrogen-bond acceptors (Lipinski definition) is 4. The number of carbonyl (C=O) groups is 1. The van der Waals surface area contributed by atoms with E-state index in [-0.39, 0.29) is 5.91 Å². The highest BCUT2D eigenvalue weighted by molar-refractivity contribution is 5.91. The molecule has 0 saturated carbocycles. The van der Waals surface area contributed by atoms with Crippen molar-refractivity contribution in [3.63, 3.8) is 0 Å². The predicted octanol–water partition coefficient (Wildman–Crippen LogP) is -0.698. The lowest BCUT2D eigenvalue weighted by molar-refractivity contribution is 0.0658. The Labute approximate surface area is 88.2 Å². The Bertz CT molecular complexity index is 315. The Kier molecular flexibility index (Phi) is 2.98.